The summed E-state index contributed by atoms with van der Waals surface area (Å²) in [7, 11) is -2.20. The third kappa shape index (κ3) is 4.74. The van der Waals surface area contributed by atoms with Crippen molar-refractivity contribution < 1.29 is 17.6 Å². The van der Waals surface area contributed by atoms with E-state index in [1.54, 1.807) is 11.0 Å². The van der Waals surface area contributed by atoms with Crippen LogP contribution in [-0.4, -0.2) is 34.5 Å². The molecule has 0 amide bonds. The second-order valence-electron chi connectivity index (χ2n) is 8.20. The number of anilines is 1. The summed E-state index contributed by atoms with van der Waals surface area (Å²) in [5.41, 5.74) is -0.428. The standard InChI is InChI=1S/C18H28ClF3N2OSi/c1-17(2,3)26(4,5)25-12-13-14(19)6-7-15(16(13)18(20,21)22)24-10-8-23-9-11-24/h6-7,23H,8-12H2,1-5H3. The van der Waals surface area contributed by atoms with Gasteiger partial charge in [-0.25, -0.2) is 0 Å². The molecule has 2 rings (SSSR count). The van der Waals surface area contributed by atoms with Crippen LogP contribution < -0.4 is 10.2 Å². The zero-order valence-corrected chi connectivity index (χ0v) is 17.8. The van der Waals surface area contributed by atoms with Gasteiger partial charge in [0.15, 0.2) is 8.32 Å². The smallest absolute Gasteiger partial charge is 0.412 e. The summed E-state index contributed by atoms with van der Waals surface area (Å²) >= 11 is 6.19. The molecule has 0 aliphatic carbocycles. The molecule has 148 valence electrons. The molecule has 8 heteroatoms. The average molecular weight is 409 g/mol. The monoisotopic (exact) mass is 408 g/mol. The highest BCUT2D eigenvalue weighted by Gasteiger charge is 2.41. The molecular weight excluding hydrogens is 381 g/mol. The third-order valence-corrected chi connectivity index (χ3v) is 10.2. The molecule has 1 aromatic rings. The highest BCUT2D eigenvalue weighted by molar-refractivity contribution is 6.74. The lowest BCUT2D eigenvalue weighted by Gasteiger charge is -2.37. The second-order valence-corrected chi connectivity index (χ2v) is 13.4. The molecule has 0 saturated carbocycles. The first kappa shape index (κ1) is 21.5. The number of alkyl halides is 3. The minimum Gasteiger partial charge on any atom is -0.412 e. The van der Waals surface area contributed by atoms with Crippen LogP contribution in [0.1, 0.15) is 31.9 Å². The van der Waals surface area contributed by atoms with Gasteiger partial charge in [0.2, 0.25) is 0 Å². The summed E-state index contributed by atoms with van der Waals surface area (Å²) in [4.78, 5) is 1.77. The molecule has 1 aliphatic heterocycles. The number of benzene rings is 1. The van der Waals surface area contributed by atoms with E-state index in [9.17, 15) is 13.2 Å². The maximum atomic E-state index is 14.0. The van der Waals surface area contributed by atoms with Crippen molar-refractivity contribution in [2.75, 3.05) is 31.1 Å². The molecule has 0 atom stereocenters. The minimum atomic E-state index is -4.49. The van der Waals surface area contributed by atoms with Crippen LogP contribution in [0.2, 0.25) is 23.2 Å². The molecule has 0 spiro atoms. The lowest BCUT2D eigenvalue weighted by molar-refractivity contribution is -0.138. The van der Waals surface area contributed by atoms with E-state index in [2.05, 4.69) is 26.1 Å². The molecule has 1 fully saturated rings. The lowest BCUT2D eigenvalue weighted by Crippen LogP contribution is -2.44. The summed E-state index contributed by atoms with van der Waals surface area (Å²) in [6.07, 6.45) is -4.49. The molecule has 0 unspecified atom stereocenters. The second kappa shape index (κ2) is 7.70. The van der Waals surface area contributed by atoms with Gasteiger partial charge in [0.05, 0.1) is 12.2 Å². The van der Waals surface area contributed by atoms with Gasteiger partial charge in [-0.1, -0.05) is 32.4 Å². The van der Waals surface area contributed by atoms with Crippen molar-refractivity contribution in [3.63, 3.8) is 0 Å². The topological polar surface area (TPSA) is 24.5 Å². The normalized spacial score (nSPS) is 16.9. The Hall–Kier alpha value is -0.763. The number of rotatable bonds is 4. The van der Waals surface area contributed by atoms with Gasteiger partial charge in [-0.15, -0.1) is 0 Å². The summed E-state index contributed by atoms with van der Waals surface area (Å²) in [5.74, 6) is 0. The molecule has 1 saturated heterocycles. The van der Waals surface area contributed by atoms with Crippen LogP contribution in [0.25, 0.3) is 0 Å². The summed E-state index contributed by atoms with van der Waals surface area (Å²) in [6, 6.07) is 3.03. The van der Waals surface area contributed by atoms with Crippen LogP contribution in [0, 0.1) is 0 Å². The molecule has 3 nitrogen and oxygen atoms in total. The zero-order chi connectivity index (χ0) is 19.8. The van der Waals surface area contributed by atoms with Crippen molar-refractivity contribution in [3.8, 4) is 0 Å². The number of halogens is 4. The molecule has 1 N–H and O–H groups in total. The van der Waals surface area contributed by atoms with E-state index in [1.165, 1.54) is 6.07 Å². The first-order valence-electron chi connectivity index (χ1n) is 8.83. The van der Waals surface area contributed by atoms with E-state index >= 15 is 0 Å². The summed E-state index contributed by atoms with van der Waals surface area (Å²) < 4.78 is 47.9. The van der Waals surface area contributed by atoms with Gasteiger partial charge in [-0.05, 0) is 30.3 Å². The lowest BCUT2D eigenvalue weighted by atomic mass is 10.0. The number of hydrogen-bond acceptors (Lipinski definition) is 3. The molecule has 26 heavy (non-hydrogen) atoms. The van der Waals surface area contributed by atoms with Gasteiger partial charge in [0, 0.05) is 42.5 Å². The van der Waals surface area contributed by atoms with Crippen molar-refractivity contribution in [1.82, 2.24) is 5.32 Å². The number of nitrogens with zero attached hydrogens (tertiary/aromatic N) is 1. The van der Waals surface area contributed by atoms with Crippen molar-refractivity contribution >= 4 is 25.6 Å². The Morgan fingerprint density at radius 1 is 1.15 bits per heavy atom. The zero-order valence-electron chi connectivity index (χ0n) is 16.1. The first-order valence-corrected chi connectivity index (χ1v) is 12.1. The van der Waals surface area contributed by atoms with E-state index in [1.807, 2.05) is 13.1 Å². The Kier molecular flexibility index (Phi) is 6.37. The fourth-order valence-corrected chi connectivity index (χ4v) is 3.86. The van der Waals surface area contributed by atoms with Gasteiger partial charge < -0.3 is 14.6 Å². The van der Waals surface area contributed by atoms with Gasteiger partial charge in [0.25, 0.3) is 0 Å². The Bertz CT molecular complexity index is 639. The third-order valence-electron chi connectivity index (χ3n) is 5.36. The molecule has 0 bridgehead atoms. The maximum absolute atomic E-state index is 14.0. The summed E-state index contributed by atoms with van der Waals surface area (Å²) in [6.45, 7) is 12.5. The van der Waals surface area contributed by atoms with E-state index < -0.39 is 20.1 Å². The van der Waals surface area contributed by atoms with Gasteiger partial charge in [-0.2, -0.15) is 13.2 Å². The first-order chi connectivity index (χ1) is 11.8. The average Bonchev–Trinajstić information content (AvgIpc) is 2.52. The van der Waals surface area contributed by atoms with Crippen molar-refractivity contribution in [2.45, 2.75) is 51.7 Å². The number of nitrogens with one attached hydrogen (secondary N) is 1. The van der Waals surface area contributed by atoms with E-state index in [-0.39, 0.29) is 27.9 Å². The fourth-order valence-electron chi connectivity index (χ4n) is 2.71. The molecule has 1 aliphatic rings. The number of hydrogen-bond donors (Lipinski definition) is 1. The Labute approximate surface area is 160 Å². The Morgan fingerprint density at radius 3 is 2.23 bits per heavy atom. The van der Waals surface area contributed by atoms with Crippen LogP contribution in [0.15, 0.2) is 12.1 Å². The molecular formula is C18H28ClF3N2OSi. The molecule has 0 radical (unpaired) electrons. The fraction of sp³-hybridized carbons (Fsp3) is 0.667. The van der Waals surface area contributed by atoms with Crippen LogP contribution in [-0.2, 0) is 17.2 Å². The van der Waals surface area contributed by atoms with Crippen LogP contribution in [0.3, 0.4) is 0 Å². The predicted molar refractivity (Wildman–Crippen MR) is 104 cm³/mol. The van der Waals surface area contributed by atoms with Crippen molar-refractivity contribution in [2.24, 2.45) is 0 Å². The Balaban J connectivity index is 2.44. The largest absolute Gasteiger partial charge is 0.418 e. The van der Waals surface area contributed by atoms with Crippen molar-refractivity contribution in [3.05, 3.63) is 28.3 Å². The van der Waals surface area contributed by atoms with E-state index in [4.69, 9.17) is 16.0 Å². The van der Waals surface area contributed by atoms with Crippen LogP contribution >= 0.6 is 11.6 Å². The SMILES string of the molecule is CC(C)(C)[Si](C)(C)OCc1c(Cl)ccc(N2CCNCC2)c1C(F)(F)F. The molecule has 0 aromatic heterocycles. The van der Waals surface area contributed by atoms with E-state index in [0.717, 1.165) is 0 Å². The van der Waals surface area contributed by atoms with Gasteiger partial charge in [0.1, 0.15) is 0 Å². The molecule has 1 aromatic carbocycles. The van der Waals surface area contributed by atoms with Gasteiger partial charge in [-0.3, -0.25) is 0 Å². The van der Waals surface area contributed by atoms with Crippen LogP contribution in [0.4, 0.5) is 18.9 Å². The summed E-state index contributed by atoms with van der Waals surface area (Å²) in [5, 5.41) is 3.18. The maximum Gasteiger partial charge on any atom is 0.418 e. The minimum absolute atomic E-state index is 0.0417. The predicted octanol–water partition coefficient (Wildman–Crippen LogP) is 5.29. The van der Waals surface area contributed by atoms with E-state index in [0.29, 0.717) is 26.2 Å². The highest BCUT2D eigenvalue weighted by atomic mass is 35.5. The van der Waals surface area contributed by atoms with Crippen LogP contribution in [0.5, 0.6) is 0 Å². The van der Waals surface area contributed by atoms with Crippen molar-refractivity contribution in [1.29, 1.82) is 0 Å². The Morgan fingerprint density at radius 2 is 1.73 bits per heavy atom. The number of piperazine rings is 1. The quantitative estimate of drug-likeness (QED) is 0.685. The molecule has 1 heterocycles. The highest BCUT2D eigenvalue weighted by Crippen LogP contribution is 2.43. The van der Waals surface area contributed by atoms with Gasteiger partial charge >= 0.3 is 6.18 Å².